The zero-order valence-electron chi connectivity index (χ0n) is 18.1. The van der Waals surface area contributed by atoms with Crippen LogP contribution in [-0.4, -0.2) is 59.7 Å². The molecule has 1 aliphatic rings. The summed E-state index contributed by atoms with van der Waals surface area (Å²) in [7, 11) is -3.66. The number of nitrogens with two attached hydrogens (primary N) is 1. The first-order valence-corrected chi connectivity index (χ1v) is 11.3. The van der Waals surface area contributed by atoms with Crippen molar-refractivity contribution in [3.05, 3.63) is 46.9 Å². The third-order valence-corrected chi connectivity index (χ3v) is 7.58. The Morgan fingerprint density at radius 2 is 1.53 bits per heavy atom. The van der Waals surface area contributed by atoms with Crippen molar-refractivity contribution < 1.29 is 13.2 Å². The van der Waals surface area contributed by atoms with Gasteiger partial charge in [0.25, 0.3) is 5.91 Å². The zero-order chi connectivity index (χ0) is 22.3. The number of benzene rings is 1. The van der Waals surface area contributed by atoms with Gasteiger partial charge in [-0.2, -0.15) is 4.31 Å². The van der Waals surface area contributed by atoms with Crippen LogP contribution < -0.4 is 5.73 Å². The van der Waals surface area contributed by atoms with Crippen molar-refractivity contribution in [2.75, 3.05) is 31.9 Å². The number of carbonyl (C=O) groups is 1. The molecule has 2 heterocycles. The van der Waals surface area contributed by atoms with E-state index in [4.69, 9.17) is 5.73 Å². The fourth-order valence-electron chi connectivity index (χ4n) is 3.71. The molecule has 2 N–H and O–H groups in total. The van der Waals surface area contributed by atoms with Crippen molar-refractivity contribution >= 4 is 21.7 Å². The van der Waals surface area contributed by atoms with Gasteiger partial charge in [0.05, 0.1) is 4.90 Å². The number of piperazine rings is 1. The topological polar surface area (TPSA) is 109 Å². The van der Waals surface area contributed by atoms with Crippen LogP contribution in [0.5, 0.6) is 0 Å². The maximum absolute atomic E-state index is 13.4. The molecule has 0 spiro atoms. The standard InChI is InChI=1S/C21H29N5O3S/c1-14-12-16(21(3,4)5)13-15(2)18(14)30(28,29)26-10-8-25(9-11-26)20(27)17-19(22)24-7-6-23-17/h6-7,12-13H,8-11H2,1-5H3,(H2,22,24). The van der Waals surface area contributed by atoms with Crippen LogP contribution in [-0.2, 0) is 15.4 Å². The predicted molar refractivity (Wildman–Crippen MR) is 116 cm³/mol. The third kappa shape index (κ3) is 4.17. The van der Waals surface area contributed by atoms with Crippen molar-refractivity contribution in [3.8, 4) is 0 Å². The van der Waals surface area contributed by atoms with E-state index in [9.17, 15) is 13.2 Å². The van der Waals surface area contributed by atoms with Gasteiger partial charge in [-0.15, -0.1) is 0 Å². The monoisotopic (exact) mass is 431 g/mol. The van der Waals surface area contributed by atoms with E-state index in [2.05, 4.69) is 30.7 Å². The van der Waals surface area contributed by atoms with Gasteiger partial charge in [-0.1, -0.05) is 32.9 Å². The van der Waals surface area contributed by atoms with Gasteiger partial charge in [-0.3, -0.25) is 4.79 Å². The molecule has 8 nitrogen and oxygen atoms in total. The summed E-state index contributed by atoms with van der Waals surface area (Å²) >= 11 is 0. The maximum atomic E-state index is 13.4. The van der Waals surface area contributed by atoms with Gasteiger partial charge in [0.2, 0.25) is 10.0 Å². The minimum absolute atomic E-state index is 0.0635. The summed E-state index contributed by atoms with van der Waals surface area (Å²) in [5.74, 6) is -0.262. The smallest absolute Gasteiger partial charge is 0.276 e. The van der Waals surface area contributed by atoms with E-state index in [1.165, 1.54) is 16.7 Å². The molecule has 1 aliphatic heterocycles. The quantitative estimate of drug-likeness (QED) is 0.797. The van der Waals surface area contributed by atoms with Crippen LogP contribution >= 0.6 is 0 Å². The van der Waals surface area contributed by atoms with Crippen LogP contribution in [0.4, 0.5) is 5.82 Å². The number of carbonyl (C=O) groups excluding carboxylic acids is 1. The van der Waals surface area contributed by atoms with Gasteiger partial charge in [-0.25, -0.2) is 18.4 Å². The summed E-state index contributed by atoms with van der Waals surface area (Å²) < 4.78 is 28.2. The molecule has 0 saturated carbocycles. The first kappa shape index (κ1) is 22.2. The number of aromatic nitrogens is 2. The normalized spacial score (nSPS) is 16.0. The van der Waals surface area contributed by atoms with Crippen molar-refractivity contribution in [3.63, 3.8) is 0 Å². The van der Waals surface area contributed by atoms with E-state index < -0.39 is 10.0 Å². The molecule has 0 aliphatic carbocycles. The number of nitrogens with zero attached hydrogens (tertiary/aromatic N) is 4. The SMILES string of the molecule is Cc1cc(C(C)(C)C)cc(C)c1S(=O)(=O)N1CCN(C(=O)c2nccnc2N)CC1. The number of amides is 1. The van der Waals surface area contributed by atoms with E-state index in [-0.39, 0.29) is 49.0 Å². The Bertz CT molecular complexity index is 1050. The maximum Gasteiger partial charge on any atom is 0.276 e. The highest BCUT2D eigenvalue weighted by Gasteiger charge is 2.33. The zero-order valence-corrected chi connectivity index (χ0v) is 19.0. The van der Waals surface area contributed by atoms with Crippen molar-refractivity contribution in [2.24, 2.45) is 0 Å². The van der Waals surface area contributed by atoms with Crippen LogP contribution in [0.2, 0.25) is 0 Å². The van der Waals surface area contributed by atoms with Crippen LogP contribution in [0.15, 0.2) is 29.4 Å². The van der Waals surface area contributed by atoms with Crippen molar-refractivity contribution in [1.82, 2.24) is 19.2 Å². The van der Waals surface area contributed by atoms with E-state index in [0.717, 1.165) is 16.7 Å². The Morgan fingerprint density at radius 1 is 1.00 bits per heavy atom. The molecular formula is C21H29N5O3S. The molecule has 0 unspecified atom stereocenters. The number of anilines is 1. The molecule has 0 bridgehead atoms. The molecule has 0 atom stereocenters. The lowest BCUT2D eigenvalue weighted by molar-refractivity contribution is 0.0692. The van der Waals surface area contributed by atoms with Gasteiger partial charge in [0, 0.05) is 38.6 Å². The van der Waals surface area contributed by atoms with E-state index >= 15 is 0 Å². The molecule has 1 saturated heterocycles. The van der Waals surface area contributed by atoms with E-state index in [1.54, 1.807) is 4.90 Å². The second-order valence-corrected chi connectivity index (χ2v) is 10.6. The highest BCUT2D eigenvalue weighted by atomic mass is 32.2. The molecule has 3 rings (SSSR count). The number of sulfonamides is 1. The summed E-state index contributed by atoms with van der Waals surface area (Å²) in [5.41, 5.74) is 8.37. The Balaban J connectivity index is 1.80. The molecule has 2 aromatic rings. The summed E-state index contributed by atoms with van der Waals surface area (Å²) in [5, 5.41) is 0. The summed E-state index contributed by atoms with van der Waals surface area (Å²) in [4.78, 5) is 22.5. The number of hydrogen-bond acceptors (Lipinski definition) is 6. The van der Waals surface area contributed by atoms with E-state index in [0.29, 0.717) is 4.90 Å². The second-order valence-electron chi connectivity index (χ2n) is 8.68. The van der Waals surface area contributed by atoms with Crippen molar-refractivity contribution in [2.45, 2.75) is 44.9 Å². The summed E-state index contributed by atoms with van der Waals surface area (Å²) in [6.07, 6.45) is 2.84. The Labute approximate surface area is 178 Å². The average molecular weight is 432 g/mol. The minimum atomic E-state index is -3.66. The fourth-order valence-corrected chi connectivity index (χ4v) is 5.55. The van der Waals surface area contributed by atoms with Gasteiger partial charge in [-0.05, 0) is 36.0 Å². The van der Waals surface area contributed by atoms with Gasteiger partial charge >= 0.3 is 0 Å². The first-order valence-electron chi connectivity index (χ1n) is 9.90. The Hall–Kier alpha value is -2.52. The van der Waals surface area contributed by atoms with Crippen LogP contribution in [0.25, 0.3) is 0 Å². The molecule has 9 heteroatoms. The molecular weight excluding hydrogens is 402 g/mol. The van der Waals surface area contributed by atoms with Crippen LogP contribution in [0.1, 0.15) is 48.0 Å². The lowest BCUT2D eigenvalue weighted by atomic mass is 9.85. The lowest BCUT2D eigenvalue weighted by Gasteiger charge is -2.34. The van der Waals surface area contributed by atoms with E-state index in [1.807, 2.05) is 26.0 Å². The Morgan fingerprint density at radius 3 is 2.03 bits per heavy atom. The molecule has 1 aromatic heterocycles. The Kier molecular flexibility index (Phi) is 5.88. The predicted octanol–water partition coefficient (Wildman–Crippen LogP) is 2.12. The second kappa shape index (κ2) is 7.96. The molecule has 1 aromatic carbocycles. The first-order chi connectivity index (χ1) is 13.9. The summed E-state index contributed by atoms with van der Waals surface area (Å²) in [6.45, 7) is 11.0. The summed E-state index contributed by atoms with van der Waals surface area (Å²) in [6, 6.07) is 3.91. The number of aryl methyl sites for hydroxylation is 2. The fraction of sp³-hybridized carbons (Fsp3) is 0.476. The van der Waals surface area contributed by atoms with Crippen LogP contribution in [0, 0.1) is 13.8 Å². The van der Waals surface area contributed by atoms with Gasteiger partial charge in [0.1, 0.15) is 0 Å². The highest BCUT2D eigenvalue weighted by Crippen LogP contribution is 2.31. The largest absolute Gasteiger partial charge is 0.382 e. The lowest BCUT2D eigenvalue weighted by Crippen LogP contribution is -2.51. The number of hydrogen-bond donors (Lipinski definition) is 1. The molecule has 1 fully saturated rings. The molecule has 1 amide bonds. The highest BCUT2D eigenvalue weighted by molar-refractivity contribution is 7.89. The number of nitrogen functional groups attached to an aromatic ring is 1. The average Bonchev–Trinajstić information content (AvgIpc) is 2.66. The minimum Gasteiger partial charge on any atom is -0.382 e. The van der Waals surface area contributed by atoms with Gasteiger partial charge in [0.15, 0.2) is 11.5 Å². The number of rotatable bonds is 3. The van der Waals surface area contributed by atoms with Gasteiger partial charge < -0.3 is 10.6 Å². The van der Waals surface area contributed by atoms with Crippen molar-refractivity contribution in [1.29, 1.82) is 0 Å². The molecule has 0 radical (unpaired) electrons. The third-order valence-electron chi connectivity index (χ3n) is 5.38. The van der Waals surface area contributed by atoms with Crippen LogP contribution in [0.3, 0.4) is 0 Å². The molecule has 30 heavy (non-hydrogen) atoms. The molecule has 162 valence electrons.